The molecule has 0 spiro atoms. The zero-order valence-corrected chi connectivity index (χ0v) is 16.9. The molecule has 2 heterocycles. The maximum absolute atomic E-state index is 13.6. The summed E-state index contributed by atoms with van der Waals surface area (Å²) >= 11 is 0. The second-order valence-corrected chi connectivity index (χ2v) is 7.27. The number of fused-ring (bicyclic) bond motifs is 1. The van der Waals surface area contributed by atoms with Crippen molar-refractivity contribution < 1.29 is 13.6 Å². The van der Waals surface area contributed by atoms with Crippen LogP contribution in [0.25, 0.3) is 16.6 Å². The molecular weight excluding hydrogens is 418 g/mol. The Balaban J connectivity index is 1.54. The van der Waals surface area contributed by atoms with Gasteiger partial charge >= 0.3 is 0 Å². The van der Waals surface area contributed by atoms with Crippen LogP contribution in [0.3, 0.4) is 0 Å². The fourth-order valence-electron chi connectivity index (χ4n) is 3.47. The first-order valence-corrected chi connectivity index (χ1v) is 9.93. The standard InChI is InChI=1S/C22H20F2N6O2/c23-17-10-14-9-16(21(31)28-19(14)11-18(17)24)20(29-25)12-27-15-3-1-13(2-4-15)22(32)30-7-5-26-6-8-30/h1-4,9-12,25-27H,5-8H2,(H,28,31)/b20-12-,29-25?. The van der Waals surface area contributed by atoms with Gasteiger partial charge in [-0.25, -0.2) is 14.3 Å². The van der Waals surface area contributed by atoms with Crippen LogP contribution in [0.4, 0.5) is 14.5 Å². The van der Waals surface area contributed by atoms with Gasteiger partial charge in [0.15, 0.2) is 11.6 Å². The molecule has 1 aromatic heterocycles. The van der Waals surface area contributed by atoms with E-state index in [-0.39, 0.29) is 28.1 Å². The zero-order chi connectivity index (χ0) is 22.7. The smallest absolute Gasteiger partial charge is 0.258 e. The molecule has 10 heteroatoms. The van der Waals surface area contributed by atoms with E-state index in [1.807, 2.05) is 0 Å². The number of aromatic amines is 1. The van der Waals surface area contributed by atoms with Crippen molar-refractivity contribution in [2.75, 3.05) is 31.5 Å². The van der Waals surface area contributed by atoms with Crippen molar-refractivity contribution in [3.63, 3.8) is 0 Å². The van der Waals surface area contributed by atoms with Crippen LogP contribution in [0.5, 0.6) is 0 Å². The van der Waals surface area contributed by atoms with Crippen LogP contribution in [0.15, 0.2) is 58.6 Å². The highest BCUT2D eigenvalue weighted by Crippen LogP contribution is 2.21. The summed E-state index contributed by atoms with van der Waals surface area (Å²) in [6, 6.07) is 10.0. The molecule has 0 radical (unpaired) electrons. The number of H-pyrrole nitrogens is 1. The number of anilines is 1. The van der Waals surface area contributed by atoms with Crippen molar-refractivity contribution in [1.82, 2.24) is 15.2 Å². The van der Waals surface area contributed by atoms with E-state index < -0.39 is 17.2 Å². The minimum absolute atomic E-state index is 0.00106. The van der Waals surface area contributed by atoms with Gasteiger partial charge in [0.1, 0.15) is 5.70 Å². The van der Waals surface area contributed by atoms with Gasteiger partial charge in [0.25, 0.3) is 11.5 Å². The molecule has 0 aliphatic carbocycles. The monoisotopic (exact) mass is 438 g/mol. The van der Waals surface area contributed by atoms with Gasteiger partial charge in [0.05, 0.1) is 11.1 Å². The molecule has 1 fully saturated rings. The molecular formula is C22H20F2N6O2. The lowest BCUT2D eigenvalue weighted by molar-refractivity contribution is 0.0736. The predicted molar refractivity (Wildman–Crippen MR) is 116 cm³/mol. The van der Waals surface area contributed by atoms with Crippen LogP contribution >= 0.6 is 0 Å². The SMILES string of the molecule is N=N/C(=C\Nc1ccc(C(=O)N2CCNCC2)cc1)c1cc2cc(F)c(F)cc2[nH]c1=O. The van der Waals surface area contributed by atoms with Crippen LogP contribution < -0.4 is 16.2 Å². The highest BCUT2D eigenvalue weighted by molar-refractivity contribution is 5.94. The summed E-state index contributed by atoms with van der Waals surface area (Å²) < 4.78 is 27.0. The summed E-state index contributed by atoms with van der Waals surface area (Å²) in [6.45, 7) is 2.86. The van der Waals surface area contributed by atoms with Gasteiger partial charge in [-0.3, -0.25) is 9.59 Å². The van der Waals surface area contributed by atoms with Crippen molar-refractivity contribution >= 4 is 28.2 Å². The van der Waals surface area contributed by atoms with Crippen LogP contribution in [-0.4, -0.2) is 42.0 Å². The lowest BCUT2D eigenvalue weighted by Crippen LogP contribution is -2.46. The van der Waals surface area contributed by atoms with Gasteiger partial charge in [0.2, 0.25) is 0 Å². The largest absolute Gasteiger partial charge is 0.360 e. The number of carbonyl (C=O) groups is 1. The summed E-state index contributed by atoms with van der Waals surface area (Å²) in [5, 5.41) is 9.79. The summed E-state index contributed by atoms with van der Waals surface area (Å²) in [7, 11) is 0. The average Bonchev–Trinajstić information content (AvgIpc) is 2.81. The Morgan fingerprint density at radius 3 is 2.47 bits per heavy atom. The molecule has 1 saturated heterocycles. The van der Waals surface area contributed by atoms with Crippen molar-refractivity contribution in [1.29, 1.82) is 5.53 Å². The number of piperazine rings is 1. The average molecular weight is 438 g/mol. The summed E-state index contributed by atoms with van der Waals surface area (Å²) in [5.74, 6) is -2.15. The second-order valence-electron chi connectivity index (χ2n) is 7.27. The van der Waals surface area contributed by atoms with E-state index >= 15 is 0 Å². The quantitative estimate of drug-likeness (QED) is 0.458. The third-order valence-electron chi connectivity index (χ3n) is 5.19. The molecule has 0 atom stereocenters. The third kappa shape index (κ3) is 4.40. The molecule has 0 saturated carbocycles. The number of pyridine rings is 1. The number of halogens is 2. The summed E-state index contributed by atoms with van der Waals surface area (Å²) in [6.07, 6.45) is 1.36. The van der Waals surface area contributed by atoms with E-state index in [9.17, 15) is 18.4 Å². The number of benzene rings is 2. The van der Waals surface area contributed by atoms with Gasteiger partial charge in [0, 0.05) is 55.1 Å². The fraction of sp³-hybridized carbons (Fsp3) is 0.182. The number of carbonyl (C=O) groups excluding carboxylic acids is 1. The lowest BCUT2D eigenvalue weighted by Gasteiger charge is -2.27. The number of nitrogens with one attached hydrogen (secondary N) is 4. The fourth-order valence-corrected chi connectivity index (χ4v) is 3.47. The molecule has 32 heavy (non-hydrogen) atoms. The van der Waals surface area contributed by atoms with Crippen LogP contribution in [0.2, 0.25) is 0 Å². The number of rotatable bonds is 5. The van der Waals surface area contributed by atoms with Crippen LogP contribution in [0.1, 0.15) is 15.9 Å². The highest BCUT2D eigenvalue weighted by Gasteiger charge is 2.17. The summed E-state index contributed by atoms with van der Waals surface area (Å²) in [4.78, 5) is 29.2. The maximum atomic E-state index is 13.6. The van der Waals surface area contributed by atoms with Gasteiger partial charge in [-0.05, 0) is 36.4 Å². The number of hydrogen-bond donors (Lipinski definition) is 4. The molecule has 0 bridgehead atoms. The Hall–Kier alpha value is -3.92. The number of aromatic nitrogens is 1. The molecule has 8 nitrogen and oxygen atoms in total. The molecule has 4 N–H and O–H groups in total. The first kappa shape index (κ1) is 21.3. The normalized spacial score (nSPS) is 14.4. The Kier molecular flexibility index (Phi) is 6.04. The molecule has 2 aromatic carbocycles. The molecule has 4 rings (SSSR count). The Bertz CT molecular complexity index is 1260. The van der Waals surface area contributed by atoms with Crippen molar-refractivity contribution in [3.05, 3.63) is 81.8 Å². The lowest BCUT2D eigenvalue weighted by atomic mass is 10.1. The van der Waals surface area contributed by atoms with E-state index in [1.165, 1.54) is 12.3 Å². The van der Waals surface area contributed by atoms with Gasteiger partial charge in [-0.2, -0.15) is 5.11 Å². The van der Waals surface area contributed by atoms with Gasteiger partial charge in [-0.1, -0.05) is 0 Å². The molecule has 164 valence electrons. The highest BCUT2D eigenvalue weighted by atomic mass is 19.2. The number of hydrogen-bond acceptors (Lipinski definition) is 6. The van der Waals surface area contributed by atoms with Crippen molar-refractivity contribution in [3.8, 4) is 0 Å². The summed E-state index contributed by atoms with van der Waals surface area (Å²) in [5.41, 5.74) is 8.17. The Morgan fingerprint density at radius 1 is 1.09 bits per heavy atom. The van der Waals surface area contributed by atoms with E-state index in [1.54, 1.807) is 29.2 Å². The Labute approximate surface area is 181 Å². The van der Waals surface area contributed by atoms with Crippen LogP contribution in [0, 0.1) is 17.2 Å². The molecule has 1 aliphatic heterocycles. The topological polar surface area (TPSA) is 113 Å². The first-order chi connectivity index (χ1) is 15.5. The van der Waals surface area contributed by atoms with Crippen molar-refractivity contribution in [2.24, 2.45) is 5.11 Å². The first-order valence-electron chi connectivity index (χ1n) is 9.93. The van der Waals surface area contributed by atoms with Crippen LogP contribution in [-0.2, 0) is 0 Å². The number of amides is 1. The predicted octanol–water partition coefficient (Wildman–Crippen LogP) is 3.29. The minimum Gasteiger partial charge on any atom is -0.360 e. The van der Waals surface area contributed by atoms with E-state index in [0.717, 1.165) is 25.2 Å². The van der Waals surface area contributed by atoms with E-state index in [2.05, 4.69) is 20.7 Å². The van der Waals surface area contributed by atoms with Gasteiger partial charge < -0.3 is 20.5 Å². The third-order valence-corrected chi connectivity index (χ3v) is 5.19. The Morgan fingerprint density at radius 2 is 1.78 bits per heavy atom. The van der Waals surface area contributed by atoms with Gasteiger partial charge in [-0.15, -0.1) is 0 Å². The minimum atomic E-state index is -1.07. The molecule has 3 aromatic rings. The van der Waals surface area contributed by atoms with E-state index in [4.69, 9.17) is 5.53 Å². The van der Waals surface area contributed by atoms with Crippen molar-refractivity contribution in [2.45, 2.75) is 0 Å². The van der Waals surface area contributed by atoms with E-state index in [0.29, 0.717) is 24.3 Å². The molecule has 1 amide bonds. The zero-order valence-electron chi connectivity index (χ0n) is 16.9. The maximum Gasteiger partial charge on any atom is 0.258 e. The number of nitrogens with zero attached hydrogens (tertiary/aromatic N) is 2. The molecule has 0 unspecified atom stereocenters. The second kappa shape index (κ2) is 9.06. The molecule has 1 aliphatic rings.